The van der Waals surface area contributed by atoms with Crippen molar-refractivity contribution in [2.75, 3.05) is 36.4 Å². The molecule has 0 radical (unpaired) electrons. The Morgan fingerprint density at radius 1 is 0.972 bits per heavy atom. The number of benzene rings is 2. The Morgan fingerprint density at radius 3 is 2.39 bits per heavy atom. The second kappa shape index (κ2) is 11.0. The fraction of sp³-hybridized carbons (Fsp3) is 0.533. The molecule has 0 bridgehead atoms. The number of rotatable bonds is 10. The number of carbonyl (C=O) groups is 2. The maximum atomic E-state index is 12.8. The van der Waals surface area contributed by atoms with E-state index in [2.05, 4.69) is 59.6 Å². The van der Waals surface area contributed by atoms with Crippen molar-refractivity contribution in [3.63, 3.8) is 0 Å². The summed E-state index contributed by atoms with van der Waals surface area (Å²) in [6.07, 6.45) is 7.18. The van der Waals surface area contributed by atoms with Crippen LogP contribution in [0, 0.1) is 17.8 Å². The molecule has 6 nitrogen and oxygen atoms in total. The van der Waals surface area contributed by atoms with E-state index in [1.165, 1.54) is 12.8 Å². The zero-order valence-electron chi connectivity index (χ0n) is 21.5. The predicted molar refractivity (Wildman–Crippen MR) is 146 cm³/mol. The number of piperidine rings is 1. The number of amides is 2. The van der Waals surface area contributed by atoms with Gasteiger partial charge < -0.3 is 20.9 Å². The zero-order chi connectivity index (χ0) is 25.1. The molecule has 2 saturated carbocycles. The molecule has 1 saturated heterocycles. The first-order chi connectivity index (χ1) is 17.5. The summed E-state index contributed by atoms with van der Waals surface area (Å²) in [5.41, 5.74) is 11.1. The second-order valence-corrected chi connectivity index (χ2v) is 11.0. The summed E-state index contributed by atoms with van der Waals surface area (Å²) in [4.78, 5) is 29.9. The van der Waals surface area contributed by atoms with E-state index >= 15 is 0 Å². The summed E-state index contributed by atoms with van der Waals surface area (Å²) >= 11 is 0. The van der Waals surface area contributed by atoms with Crippen LogP contribution in [0.15, 0.2) is 42.5 Å². The van der Waals surface area contributed by atoms with Crippen molar-refractivity contribution >= 4 is 23.2 Å². The molecule has 3 N–H and O–H groups in total. The molecular formula is C30H40N4O2. The first kappa shape index (κ1) is 24.8. The fourth-order valence-electron chi connectivity index (χ4n) is 5.13. The van der Waals surface area contributed by atoms with Crippen LogP contribution >= 0.6 is 0 Å². The summed E-state index contributed by atoms with van der Waals surface area (Å²) < 4.78 is 0. The Kier molecular flexibility index (Phi) is 7.61. The number of hydrogen-bond donors (Lipinski definition) is 2. The van der Waals surface area contributed by atoms with Crippen LogP contribution in [0.25, 0.3) is 11.1 Å². The lowest BCUT2D eigenvalue weighted by Gasteiger charge is -2.33. The van der Waals surface area contributed by atoms with E-state index in [1.807, 2.05) is 4.90 Å². The molecular weight excluding hydrogens is 448 g/mol. The highest BCUT2D eigenvalue weighted by atomic mass is 16.2. The maximum Gasteiger partial charge on any atom is 0.227 e. The highest BCUT2D eigenvalue weighted by Gasteiger charge is 2.33. The van der Waals surface area contributed by atoms with Gasteiger partial charge in [0, 0.05) is 38.0 Å². The molecule has 2 aromatic carbocycles. The van der Waals surface area contributed by atoms with Gasteiger partial charge in [0.2, 0.25) is 11.8 Å². The number of carbonyl (C=O) groups excluding carboxylic acids is 2. The van der Waals surface area contributed by atoms with Gasteiger partial charge in [0.1, 0.15) is 0 Å². The Balaban J connectivity index is 1.38. The predicted octanol–water partition coefficient (Wildman–Crippen LogP) is 5.03. The van der Waals surface area contributed by atoms with E-state index in [4.69, 9.17) is 5.73 Å². The maximum absolute atomic E-state index is 12.8. The van der Waals surface area contributed by atoms with E-state index in [0.717, 1.165) is 79.2 Å². The van der Waals surface area contributed by atoms with Gasteiger partial charge in [-0.05, 0) is 92.3 Å². The third-order valence-corrected chi connectivity index (χ3v) is 7.83. The number of nitrogens with two attached hydrogens (primary N) is 1. The van der Waals surface area contributed by atoms with Gasteiger partial charge in [-0.15, -0.1) is 0 Å². The average Bonchev–Trinajstić information content (AvgIpc) is 3.80. The largest absolute Gasteiger partial charge is 0.370 e. The minimum absolute atomic E-state index is 0.140. The normalized spacial score (nSPS) is 18.2. The third-order valence-electron chi connectivity index (χ3n) is 7.83. The summed E-state index contributed by atoms with van der Waals surface area (Å²) in [5.74, 6) is 1.52. The van der Waals surface area contributed by atoms with Gasteiger partial charge in [-0.3, -0.25) is 9.59 Å². The van der Waals surface area contributed by atoms with Crippen LogP contribution < -0.4 is 16.0 Å². The van der Waals surface area contributed by atoms with Crippen molar-refractivity contribution in [1.29, 1.82) is 0 Å². The molecule has 0 aromatic heterocycles. The number of nitrogens with one attached hydrogen (secondary N) is 1. The molecule has 192 valence electrons. The molecule has 5 rings (SSSR count). The first-order valence-electron chi connectivity index (χ1n) is 13.8. The van der Waals surface area contributed by atoms with Crippen LogP contribution in [-0.2, 0) is 16.1 Å². The first-order valence-corrected chi connectivity index (χ1v) is 13.8. The summed E-state index contributed by atoms with van der Waals surface area (Å²) in [5, 5.41) is 3.25. The van der Waals surface area contributed by atoms with Gasteiger partial charge in [-0.2, -0.15) is 0 Å². The topological polar surface area (TPSA) is 78.7 Å². The molecule has 0 unspecified atom stereocenters. The van der Waals surface area contributed by atoms with Crippen LogP contribution in [0.1, 0.15) is 57.4 Å². The lowest BCUT2D eigenvalue weighted by Crippen LogP contribution is -2.33. The van der Waals surface area contributed by atoms with Crippen LogP contribution in [0.3, 0.4) is 0 Å². The molecule has 2 aromatic rings. The summed E-state index contributed by atoms with van der Waals surface area (Å²) in [6.45, 7) is 6.27. The average molecular weight is 489 g/mol. The van der Waals surface area contributed by atoms with Gasteiger partial charge in [0.15, 0.2) is 0 Å². The third kappa shape index (κ3) is 6.09. The van der Waals surface area contributed by atoms with Crippen LogP contribution in [0.4, 0.5) is 11.4 Å². The minimum atomic E-state index is 0.140. The van der Waals surface area contributed by atoms with Crippen LogP contribution in [-0.4, -0.2) is 42.9 Å². The van der Waals surface area contributed by atoms with Gasteiger partial charge >= 0.3 is 0 Å². The highest BCUT2D eigenvalue weighted by molar-refractivity contribution is 5.98. The molecule has 3 fully saturated rings. The lowest BCUT2D eigenvalue weighted by atomic mass is 9.97. The van der Waals surface area contributed by atoms with E-state index in [-0.39, 0.29) is 23.7 Å². The van der Waals surface area contributed by atoms with Crippen molar-refractivity contribution in [2.45, 2.75) is 58.4 Å². The van der Waals surface area contributed by atoms with Crippen molar-refractivity contribution in [2.24, 2.45) is 23.5 Å². The zero-order valence-corrected chi connectivity index (χ0v) is 21.5. The van der Waals surface area contributed by atoms with Gasteiger partial charge in [0.05, 0.1) is 11.4 Å². The molecule has 36 heavy (non-hydrogen) atoms. The highest BCUT2D eigenvalue weighted by Crippen LogP contribution is 2.37. The Hall–Kier alpha value is -2.86. The SMILES string of the molecule is CC1CCN(c2ccc(-c3cccc(CN(CCCN)C(=O)C4CC4)c3)cc2NC(=O)C2CC2)CC1. The van der Waals surface area contributed by atoms with Gasteiger partial charge in [0.25, 0.3) is 0 Å². The lowest BCUT2D eigenvalue weighted by molar-refractivity contribution is -0.133. The Labute approximate surface area is 215 Å². The molecule has 0 spiro atoms. The van der Waals surface area contributed by atoms with E-state index in [0.29, 0.717) is 19.6 Å². The molecule has 3 aliphatic rings. The van der Waals surface area contributed by atoms with Gasteiger partial charge in [-0.25, -0.2) is 0 Å². The Morgan fingerprint density at radius 2 is 1.69 bits per heavy atom. The van der Waals surface area contributed by atoms with Crippen LogP contribution in [0.2, 0.25) is 0 Å². The van der Waals surface area contributed by atoms with Crippen molar-refractivity contribution in [3.8, 4) is 11.1 Å². The minimum Gasteiger partial charge on any atom is -0.370 e. The van der Waals surface area contributed by atoms with Crippen molar-refractivity contribution in [3.05, 3.63) is 48.0 Å². The van der Waals surface area contributed by atoms with E-state index < -0.39 is 0 Å². The Bertz CT molecular complexity index is 1080. The molecule has 2 amide bonds. The number of anilines is 2. The second-order valence-electron chi connectivity index (χ2n) is 11.0. The number of nitrogens with zero attached hydrogens (tertiary/aromatic N) is 2. The fourth-order valence-corrected chi connectivity index (χ4v) is 5.13. The smallest absolute Gasteiger partial charge is 0.227 e. The monoisotopic (exact) mass is 488 g/mol. The number of hydrogen-bond acceptors (Lipinski definition) is 4. The standard InChI is InChI=1S/C30H40N4O2/c1-21-12-16-33(17-13-21)28-11-10-26(19-27(28)32-29(35)23-6-7-23)25-5-2-4-22(18-25)20-34(15-3-14-31)30(36)24-8-9-24/h2,4-5,10-11,18-19,21,23-24H,3,6-9,12-17,20,31H2,1H3,(H,32,35). The quantitative estimate of drug-likeness (QED) is 0.492. The molecule has 2 aliphatic carbocycles. The van der Waals surface area contributed by atoms with E-state index in [9.17, 15) is 9.59 Å². The molecule has 6 heteroatoms. The van der Waals surface area contributed by atoms with Crippen LogP contribution in [0.5, 0.6) is 0 Å². The summed E-state index contributed by atoms with van der Waals surface area (Å²) in [7, 11) is 0. The molecule has 1 heterocycles. The molecule has 1 aliphatic heterocycles. The van der Waals surface area contributed by atoms with E-state index in [1.54, 1.807) is 0 Å². The van der Waals surface area contributed by atoms with Crippen molar-refractivity contribution < 1.29 is 9.59 Å². The van der Waals surface area contributed by atoms with Crippen molar-refractivity contribution in [1.82, 2.24) is 4.90 Å². The molecule has 0 atom stereocenters. The van der Waals surface area contributed by atoms with Gasteiger partial charge in [-0.1, -0.05) is 31.2 Å². The summed E-state index contributed by atoms with van der Waals surface area (Å²) in [6, 6.07) is 14.9.